The lowest BCUT2D eigenvalue weighted by molar-refractivity contribution is -0.119. The zero-order chi connectivity index (χ0) is 15.0. The number of nitrogens with one attached hydrogen (secondary N) is 1. The van der Waals surface area contributed by atoms with Gasteiger partial charge in [0.2, 0.25) is 0 Å². The standard InChI is InChI=1S/C14H18N2O3S/c1-10(2)12(17)9-20-13(16-14(18)19)15-8-11-6-4-3-5-7-11/h3-7,10H,8-9H2,1-2H3,(H,15,16)(H,18,19). The third-order valence-electron chi connectivity index (χ3n) is 2.46. The summed E-state index contributed by atoms with van der Waals surface area (Å²) in [6.07, 6.45) is -1.18. The van der Waals surface area contributed by atoms with Gasteiger partial charge >= 0.3 is 6.09 Å². The fraction of sp³-hybridized carbons (Fsp3) is 0.357. The third-order valence-corrected chi connectivity index (χ3v) is 3.39. The van der Waals surface area contributed by atoms with Crippen LogP contribution in [0.3, 0.4) is 0 Å². The number of carboxylic acid groups (broad SMARTS) is 1. The molecule has 0 aromatic heterocycles. The van der Waals surface area contributed by atoms with Crippen LogP contribution in [0.1, 0.15) is 19.4 Å². The van der Waals surface area contributed by atoms with Crippen molar-refractivity contribution in [3.63, 3.8) is 0 Å². The van der Waals surface area contributed by atoms with E-state index in [1.165, 1.54) is 0 Å². The van der Waals surface area contributed by atoms with Gasteiger partial charge in [0.1, 0.15) is 5.78 Å². The second-order valence-electron chi connectivity index (χ2n) is 4.45. The lowest BCUT2D eigenvalue weighted by Gasteiger charge is -2.07. The molecule has 0 atom stereocenters. The van der Waals surface area contributed by atoms with E-state index in [0.717, 1.165) is 17.3 Å². The normalized spacial score (nSPS) is 11.4. The Balaban J connectivity index is 2.63. The van der Waals surface area contributed by atoms with Crippen molar-refractivity contribution < 1.29 is 14.7 Å². The van der Waals surface area contributed by atoms with Crippen molar-refractivity contribution in [3.05, 3.63) is 35.9 Å². The topological polar surface area (TPSA) is 78.8 Å². The number of thioether (sulfide) groups is 1. The molecule has 1 rings (SSSR count). The zero-order valence-corrected chi connectivity index (χ0v) is 12.3. The summed E-state index contributed by atoms with van der Waals surface area (Å²) in [6.45, 7) is 4.00. The third kappa shape index (κ3) is 6.38. The Hall–Kier alpha value is -1.82. The van der Waals surface area contributed by atoms with Crippen LogP contribution in [-0.4, -0.2) is 27.9 Å². The highest BCUT2D eigenvalue weighted by molar-refractivity contribution is 8.14. The molecule has 0 saturated heterocycles. The van der Waals surface area contributed by atoms with Crippen LogP contribution in [0, 0.1) is 5.92 Å². The Kier molecular flexibility index (Phi) is 6.79. The Labute approximate surface area is 122 Å². The molecule has 6 heteroatoms. The van der Waals surface area contributed by atoms with Gasteiger partial charge in [-0.2, -0.15) is 0 Å². The average molecular weight is 294 g/mol. The van der Waals surface area contributed by atoms with E-state index in [9.17, 15) is 9.59 Å². The molecule has 108 valence electrons. The molecule has 1 amide bonds. The highest BCUT2D eigenvalue weighted by atomic mass is 32.2. The van der Waals surface area contributed by atoms with E-state index in [2.05, 4.69) is 10.3 Å². The van der Waals surface area contributed by atoms with E-state index in [1.807, 2.05) is 44.2 Å². The summed E-state index contributed by atoms with van der Waals surface area (Å²) < 4.78 is 0. The number of hydrogen-bond donors (Lipinski definition) is 2. The predicted octanol–water partition coefficient (Wildman–Crippen LogP) is 2.77. The van der Waals surface area contributed by atoms with E-state index in [-0.39, 0.29) is 22.6 Å². The molecule has 0 aliphatic heterocycles. The fourth-order valence-corrected chi connectivity index (χ4v) is 2.19. The first kappa shape index (κ1) is 16.2. The van der Waals surface area contributed by atoms with Gasteiger partial charge in [-0.25, -0.2) is 4.79 Å². The molecule has 0 bridgehead atoms. The Morgan fingerprint density at radius 3 is 2.50 bits per heavy atom. The molecule has 2 N–H and O–H groups in total. The first-order valence-electron chi connectivity index (χ1n) is 6.23. The quantitative estimate of drug-likeness (QED) is 0.646. The number of rotatable bonds is 5. The molecular weight excluding hydrogens is 276 g/mol. The van der Waals surface area contributed by atoms with Crippen LogP contribution in [0.25, 0.3) is 0 Å². The van der Waals surface area contributed by atoms with Crippen LogP contribution in [0.15, 0.2) is 35.3 Å². The zero-order valence-electron chi connectivity index (χ0n) is 11.5. The molecule has 0 heterocycles. The monoisotopic (exact) mass is 294 g/mol. The molecule has 5 nitrogen and oxygen atoms in total. The number of benzene rings is 1. The summed E-state index contributed by atoms with van der Waals surface area (Å²) >= 11 is 1.11. The van der Waals surface area contributed by atoms with Crippen molar-refractivity contribution in [3.8, 4) is 0 Å². The Morgan fingerprint density at radius 1 is 1.30 bits per heavy atom. The smallest absolute Gasteiger partial charge is 0.410 e. The van der Waals surface area contributed by atoms with Crippen LogP contribution in [0.4, 0.5) is 4.79 Å². The van der Waals surface area contributed by atoms with Crippen molar-refractivity contribution in [2.75, 3.05) is 5.75 Å². The highest BCUT2D eigenvalue weighted by Crippen LogP contribution is 2.09. The summed E-state index contributed by atoms with van der Waals surface area (Å²) in [5, 5.41) is 11.2. The minimum absolute atomic E-state index is 0.0644. The van der Waals surface area contributed by atoms with E-state index in [0.29, 0.717) is 6.54 Å². The first-order valence-corrected chi connectivity index (χ1v) is 7.21. The summed E-state index contributed by atoms with van der Waals surface area (Å²) in [5.41, 5.74) is 0.980. The molecule has 0 aliphatic carbocycles. The maximum absolute atomic E-state index is 11.6. The van der Waals surface area contributed by atoms with Crippen LogP contribution in [0.2, 0.25) is 0 Å². The van der Waals surface area contributed by atoms with Gasteiger partial charge in [-0.15, -0.1) is 0 Å². The van der Waals surface area contributed by atoms with Gasteiger partial charge in [-0.05, 0) is 5.56 Å². The Morgan fingerprint density at radius 2 is 1.95 bits per heavy atom. The molecule has 0 fully saturated rings. The van der Waals surface area contributed by atoms with E-state index >= 15 is 0 Å². The molecule has 0 spiro atoms. The summed E-state index contributed by atoms with van der Waals surface area (Å²) in [7, 11) is 0. The number of ketones is 1. The molecular formula is C14H18N2O3S. The van der Waals surface area contributed by atoms with Crippen LogP contribution in [0.5, 0.6) is 0 Å². The number of amides is 1. The van der Waals surface area contributed by atoms with Gasteiger partial charge in [0, 0.05) is 5.92 Å². The molecule has 1 aromatic carbocycles. The molecule has 20 heavy (non-hydrogen) atoms. The minimum Gasteiger partial charge on any atom is -0.465 e. The predicted molar refractivity (Wildman–Crippen MR) is 81.0 cm³/mol. The van der Waals surface area contributed by atoms with Crippen molar-refractivity contribution >= 4 is 28.8 Å². The summed E-state index contributed by atoms with van der Waals surface area (Å²) in [6, 6.07) is 9.51. The average Bonchev–Trinajstić information content (AvgIpc) is 2.42. The number of aliphatic imine (C=N–C) groups is 1. The van der Waals surface area contributed by atoms with Gasteiger partial charge in [0.05, 0.1) is 12.3 Å². The maximum atomic E-state index is 11.6. The summed E-state index contributed by atoms with van der Waals surface area (Å²) in [5.74, 6) is 0.211. The molecule has 0 saturated carbocycles. The number of amidine groups is 1. The van der Waals surface area contributed by atoms with E-state index in [1.54, 1.807) is 0 Å². The lowest BCUT2D eigenvalue weighted by Crippen LogP contribution is -2.28. The molecule has 0 radical (unpaired) electrons. The second-order valence-corrected chi connectivity index (χ2v) is 5.41. The number of carbonyl (C=O) groups excluding carboxylic acids is 1. The van der Waals surface area contributed by atoms with E-state index in [4.69, 9.17) is 5.11 Å². The first-order chi connectivity index (χ1) is 9.49. The van der Waals surface area contributed by atoms with Crippen LogP contribution >= 0.6 is 11.8 Å². The van der Waals surface area contributed by atoms with Crippen molar-refractivity contribution in [2.24, 2.45) is 10.9 Å². The summed E-state index contributed by atoms with van der Waals surface area (Å²) in [4.78, 5) is 26.5. The molecule has 0 unspecified atom stereocenters. The van der Waals surface area contributed by atoms with Crippen molar-refractivity contribution in [1.82, 2.24) is 5.32 Å². The van der Waals surface area contributed by atoms with Crippen LogP contribution in [-0.2, 0) is 11.3 Å². The molecule has 1 aromatic rings. The van der Waals surface area contributed by atoms with Gasteiger partial charge in [0.15, 0.2) is 5.17 Å². The maximum Gasteiger partial charge on any atom is 0.410 e. The highest BCUT2D eigenvalue weighted by Gasteiger charge is 2.11. The lowest BCUT2D eigenvalue weighted by atomic mass is 10.1. The number of Topliss-reactive ketones (excluding diaryl/α,β-unsaturated/α-hetero) is 1. The second kappa shape index (κ2) is 8.37. The number of nitrogens with zero attached hydrogens (tertiary/aromatic N) is 1. The Bertz CT molecular complexity index is 486. The minimum atomic E-state index is -1.18. The largest absolute Gasteiger partial charge is 0.465 e. The van der Waals surface area contributed by atoms with Gasteiger partial charge in [-0.3, -0.25) is 15.1 Å². The van der Waals surface area contributed by atoms with Crippen molar-refractivity contribution in [1.29, 1.82) is 0 Å². The number of hydrogen-bond acceptors (Lipinski definition) is 4. The van der Waals surface area contributed by atoms with Crippen LogP contribution < -0.4 is 5.32 Å². The number of carbonyl (C=O) groups is 2. The fourth-order valence-electron chi connectivity index (χ4n) is 1.27. The van der Waals surface area contributed by atoms with Gasteiger partial charge in [0.25, 0.3) is 0 Å². The van der Waals surface area contributed by atoms with E-state index < -0.39 is 6.09 Å². The SMILES string of the molecule is CC(C)C(=O)CSC(=NCc1ccccc1)NC(=O)O. The van der Waals surface area contributed by atoms with Crippen molar-refractivity contribution in [2.45, 2.75) is 20.4 Å². The van der Waals surface area contributed by atoms with Gasteiger partial charge < -0.3 is 5.11 Å². The van der Waals surface area contributed by atoms with Gasteiger partial charge in [-0.1, -0.05) is 55.9 Å². The molecule has 0 aliphatic rings.